The van der Waals surface area contributed by atoms with Crippen molar-refractivity contribution in [2.75, 3.05) is 18.0 Å². The number of hydrogen-bond donors (Lipinski definition) is 1. The molecule has 0 spiro atoms. The summed E-state index contributed by atoms with van der Waals surface area (Å²) in [6.45, 7) is 6.22. The van der Waals surface area contributed by atoms with E-state index in [1.807, 2.05) is 6.07 Å². The second-order valence-electron chi connectivity index (χ2n) is 4.33. The van der Waals surface area contributed by atoms with Gasteiger partial charge in [-0.1, -0.05) is 0 Å². The topological polar surface area (TPSA) is 52.0 Å². The standard InChI is InChI=1S/C12H16N4/c1-9-8-16(10(2)7-15-9)12-5-11(6-13)3-4-14-12/h3-5,9-10,15H,7-8H2,1-2H3. The first-order valence-electron chi connectivity index (χ1n) is 5.57. The molecule has 2 unspecified atom stereocenters. The number of nitrogens with one attached hydrogen (secondary N) is 1. The molecule has 2 heterocycles. The molecule has 84 valence electrons. The molecule has 0 aliphatic carbocycles. The summed E-state index contributed by atoms with van der Waals surface area (Å²) in [5.41, 5.74) is 0.670. The minimum absolute atomic E-state index is 0.414. The third-order valence-electron chi connectivity index (χ3n) is 2.93. The van der Waals surface area contributed by atoms with Crippen molar-refractivity contribution in [3.8, 4) is 6.07 Å². The highest BCUT2D eigenvalue weighted by Crippen LogP contribution is 2.17. The molecule has 16 heavy (non-hydrogen) atoms. The lowest BCUT2D eigenvalue weighted by atomic mass is 10.1. The van der Waals surface area contributed by atoms with Gasteiger partial charge in [0.2, 0.25) is 0 Å². The second-order valence-corrected chi connectivity index (χ2v) is 4.33. The molecule has 1 saturated heterocycles. The maximum atomic E-state index is 8.87. The molecule has 1 N–H and O–H groups in total. The van der Waals surface area contributed by atoms with Crippen LogP contribution in [0.5, 0.6) is 0 Å². The van der Waals surface area contributed by atoms with Crippen LogP contribution in [0.2, 0.25) is 0 Å². The summed E-state index contributed by atoms with van der Waals surface area (Å²) in [5, 5.41) is 12.3. The molecule has 1 aromatic heterocycles. The third-order valence-corrected chi connectivity index (χ3v) is 2.93. The monoisotopic (exact) mass is 216 g/mol. The van der Waals surface area contributed by atoms with Crippen LogP contribution in [0.1, 0.15) is 19.4 Å². The molecule has 0 saturated carbocycles. The number of hydrogen-bond acceptors (Lipinski definition) is 4. The van der Waals surface area contributed by atoms with Gasteiger partial charge in [0.25, 0.3) is 0 Å². The van der Waals surface area contributed by atoms with Crippen molar-refractivity contribution in [1.82, 2.24) is 10.3 Å². The lowest BCUT2D eigenvalue weighted by molar-refractivity contribution is 0.422. The predicted octanol–water partition coefficient (Wildman–Crippen LogP) is 1.14. The quantitative estimate of drug-likeness (QED) is 0.765. The van der Waals surface area contributed by atoms with Gasteiger partial charge in [-0.15, -0.1) is 0 Å². The average molecular weight is 216 g/mol. The van der Waals surface area contributed by atoms with Crippen molar-refractivity contribution in [3.63, 3.8) is 0 Å². The van der Waals surface area contributed by atoms with Gasteiger partial charge in [-0.25, -0.2) is 4.98 Å². The molecule has 1 fully saturated rings. The van der Waals surface area contributed by atoms with E-state index in [1.165, 1.54) is 0 Å². The Morgan fingerprint density at radius 1 is 1.56 bits per heavy atom. The summed E-state index contributed by atoms with van der Waals surface area (Å²) in [5.74, 6) is 0.903. The smallest absolute Gasteiger partial charge is 0.130 e. The molecule has 0 bridgehead atoms. The maximum absolute atomic E-state index is 8.87. The third kappa shape index (κ3) is 2.15. The molecule has 2 rings (SSSR count). The van der Waals surface area contributed by atoms with Gasteiger partial charge in [0, 0.05) is 31.4 Å². The summed E-state index contributed by atoms with van der Waals surface area (Å²) in [6, 6.07) is 6.62. The van der Waals surface area contributed by atoms with Crippen molar-refractivity contribution >= 4 is 5.82 Å². The number of aromatic nitrogens is 1. The molecule has 2 atom stereocenters. The molecule has 1 aromatic rings. The van der Waals surface area contributed by atoms with E-state index in [0.29, 0.717) is 17.6 Å². The molecule has 0 radical (unpaired) electrons. The van der Waals surface area contributed by atoms with Crippen LogP contribution in [-0.4, -0.2) is 30.2 Å². The van der Waals surface area contributed by atoms with Crippen LogP contribution in [0.4, 0.5) is 5.82 Å². The van der Waals surface area contributed by atoms with E-state index in [9.17, 15) is 0 Å². The fraction of sp³-hybridized carbons (Fsp3) is 0.500. The average Bonchev–Trinajstić information content (AvgIpc) is 2.32. The van der Waals surface area contributed by atoms with Gasteiger partial charge in [-0.2, -0.15) is 5.26 Å². The van der Waals surface area contributed by atoms with Gasteiger partial charge in [-0.05, 0) is 26.0 Å². The number of nitriles is 1. The summed E-state index contributed by atoms with van der Waals surface area (Å²) >= 11 is 0. The van der Waals surface area contributed by atoms with Crippen LogP contribution >= 0.6 is 0 Å². The zero-order valence-electron chi connectivity index (χ0n) is 9.64. The molecule has 0 aromatic carbocycles. The Bertz CT molecular complexity index is 410. The minimum Gasteiger partial charge on any atom is -0.351 e. The Morgan fingerprint density at radius 2 is 2.38 bits per heavy atom. The first kappa shape index (κ1) is 10.9. The summed E-state index contributed by atoms with van der Waals surface area (Å²) in [4.78, 5) is 6.59. The van der Waals surface area contributed by atoms with Crippen molar-refractivity contribution < 1.29 is 0 Å². The number of piperazine rings is 1. The van der Waals surface area contributed by atoms with Crippen molar-refractivity contribution in [2.45, 2.75) is 25.9 Å². The molecule has 0 amide bonds. The van der Waals surface area contributed by atoms with Crippen molar-refractivity contribution in [1.29, 1.82) is 5.26 Å². The zero-order valence-corrected chi connectivity index (χ0v) is 9.64. The van der Waals surface area contributed by atoms with Crippen LogP contribution in [0.3, 0.4) is 0 Å². The van der Waals surface area contributed by atoms with Crippen molar-refractivity contribution in [3.05, 3.63) is 23.9 Å². The molecular formula is C12H16N4. The first-order valence-corrected chi connectivity index (χ1v) is 5.57. The highest BCUT2D eigenvalue weighted by molar-refractivity contribution is 5.46. The lowest BCUT2D eigenvalue weighted by Crippen LogP contribution is -2.54. The molecular weight excluding hydrogens is 200 g/mol. The van der Waals surface area contributed by atoms with E-state index < -0.39 is 0 Å². The summed E-state index contributed by atoms with van der Waals surface area (Å²) in [7, 11) is 0. The SMILES string of the molecule is CC1CN(c2cc(C#N)ccn2)C(C)CN1. The maximum Gasteiger partial charge on any atom is 0.130 e. The molecule has 4 nitrogen and oxygen atoms in total. The second kappa shape index (κ2) is 4.50. The normalized spacial score (nSPS) is 25.2. The van der Waals surface area contributed by atoms with Gasteiger partial charge in [0.15, 0.2) is 0 Å². The highest BCUT2D eigenvalue weighted by atomic mass is 15.3. The number of rotatable bonds is 1. The number of anilines is 1. The van der Waals surface area contributed by atoms with Gasteiger partial charge in [0.05, 0.1) is 11.6 Å². The fourth-order valence-electron chi connectivity index (χ4n) is 1.99. The molecule has 1 aliphatic heterocycles. The van der Waals surface area contributed by atoms with Crippen LogP contribution < -0.4 is 10.2 Å². The van der Waals surface area contributed by atoms with E-state index in [2.05, 4.69) is 35.1 Å². The number of nitrogens with zero attached hydrogens (tertiary/aromatic N) is 3. The largest absolute Gasteiger partial charge is 0.351 e. The Balaban J connectivity index is 2.25. The molecule has 1 aliphatic rings. The van der Waals surface area contributed by atoms with Gasteiger partial charge < -0.3 is 10.2 Å². The van der Waals surface area contributed by atoms with Crippen LogP contribution in [0.25, 0.3) is 0 Å². The first-order chi connectivity index (χ1) is 7.70. The van der Waals surface area contributed by atoms with E-state index >= 15 is 0 Å². The Kier molecular flexibility index (Phi) is 3.07. The fourth-order valence-corrected chi connectivity index (χ4v) is 1.99. The van der Waals surface area contributed by atoms with E-state index in [1.54, 1.807) is 12.3 Å². The Hall–Kier alpha value is -1.60. The Labute approximate surface area is 95.9 Å². The van der Waals surface area contributed by atoms with Gasteiger partial charge in [0.1, 0.15) is 5.82 Å². The van der Waals surface area contributed by atoms with E-state index in [0.717, 1.165) is 18.9 Å². The van der Waals surface area contributed by atoms with Crippen LogP contribution in [0, 0.1) is 11.3 Å². The molecule has 4 heteroatoms. The van der Waals surface area contributed by atoms with E-state index in [4.69, 9.17) is 5.26 Å². The minimum atomic E-state index is 0.414. The van der Waals surface area contributed by atoms with Gasteiger partial charge >= 0.3 is 0 Å². The van der Waals surface area contributed by atoms with E-state index in [-0.39, 0.29) is 0 Å². The van der Waals surface area contributed by atoms with Crippen molar-refractivity contribution in [2.24, 2.45) is 0 Å². The van der Waals surface area contributed by atoms with Crippen LogP contribution in [0.15, 0.2) is 18.3 Å². The van der Waals surface area contributed by atoms with Gasteiger partial charge in [-0.3, -0.25) is 0 Å². The predicted molar refractivity (Wildman–Crippen MR) is 63.2 cm³/mol. The van der Waals surface area contributed by atoms with Crippen LogP contribution in [-0.2, 0) is 0 Å². The number of pyridine rings is 1. The lowest BCUT2D eigenvalue weighted by Gasteiger charge is -2.38. The summed E-state index contributed by atoms with van der Waals surface area (Å²) in [6.07, 6.45) is 1.70. The summed E-state index contributed by atoms with van der Waals surface area (Å²) < 4.78 is 0. The highest BCUT2D eigenvalue weighted by Gasteiger charge is 2.23. The Morgan fingerprint density at radius 3 is 3.12 bits per heavy atom. The zero-order chi connectivity index (χ0) is 11.5.